The first-order chi connectivity index (χ1) is 41.1. The monoisotopic (exact) mass is 1070 g/mol. The van der Waals surface area contributed by atoms with Gasteiger partial charge in [-0.25, -0.2) is 24.9 Å². The molecular formula is C73H56N10. The quantitative estimate of drug-likeness (QED) is 0.0823. The average Bonchev–Trinajstić information content (AvgIpc) is 3.75. The van der Waals surface area contributed by atoms with Crippen LogP contribution in [0.4, 0.5) is 74.6 Å². The van der Waals surface area contributed by atoms with Gasteiger partial charge in [-0.3, -0.25) is 14.7 Å². The lowest BCUT2D eigenvalue weighted by Gasteiger charge is -2.29. The lowest BCUT2D eigenvalue weighted by Crippen LogP contribution is -2.29. The van der Waals surface area contributed by atoms with Crippen LogP contribution in [0, 0.1) is 0 Å². The summed E-state index contributed by atoms with van der Waals surface area (Å²) in [5.74, 6) is 4.18. The first-order valence-corrected chi connectivity index (χ1v) is 27.7. The van der Waals surface area contributed by atoms with Crippen LogP contribution < -0.4 is 24.5 Å². The molecule has 4 heterocycles. The van der Waals surface area contributed by atoms with E-state index in [-0.39, 0.29) is 12.0 Å². The summed E-state index contributed by atoms with van der Waals surface area (Å²) in [6.45, 7) is 3.92. The molecule has 0 bridgehead atoms. The minimum atomic E-state index is -0.0779. The third kappa shape index (κ3) is 10.7. The van der Waals surface area contributed by atoms with Crippen molar-refractivity contribution in [1.29, 1.82) is 0 Å². The first-order valence-electron chi connectivity index (χ1n) is 27.7. The molecule has 0 N–H and O–H groups in total. The highest BCUT2D eigenvalue weighted by atomic mass is 15.3. The molecular weight excluding hydrogens is 1020 g/mol. The van der Waals surface area contributed by atoms with E-state index >= 15 is 0 Å². The molecule has 1 aliphatic carbocycles. The summed E-state index contributed by atoms with van der Waals surface area (Å²) in [7, 11) is 0. The van der Waals surface area contributed by atoms with Gasteiger partial charge in [-0.2, -0.15) is 0 Å². The molecule has 10 heteroatoms. The highest BCUT2D eigenvalue weighted by Gasteiger charge is 2.38. The van der Waals surface area contributed by atoms with Crippen molar-refractivity contribution in [1.82, 2.24) is 24.9 Å². The van der Waals surface area contributed by atoms with Gasteiger partial charge in [0, 0.05) is 75.3 Å². The minimum absolute atomic E-state index is 0.0779. The average molecular weight is 1070 g/mol. The number of allylic oxidation sites excluding steroid dienone is 6. The Kier molecular flexibility index (Phi) is 14.6. The molecule has 0 radical (unpaired) electrons. The molecule has 11 aromatic rings. The largest absolute Gasteiger partial charge is 0.318 e. The maximum atomic E-state index is 5.70. The van der Waals surface area contributed by atoms with E-state index in [1.165, 1.54) is 5.56 Å². The maximum Gasteiger partial charge on any atom is 0.182 e. The van der Waals surface area contributed by atoms with Crippen molar-refractivity contribution in [2.75, 3.05) is 24.5 Å². The Morgan fingerprint density at radius 2 is 0.783 bits per heavy atom. The number of nitrogens with zero attached hydrogens (tertiary/aromatic N) is 10. The Morgan fingerprint density at radius 1 is 0.373 bits per heavy atom. The van der Waals surface area contributed by atoms with Gasteiger partial charge in [0.05, 0.1) is 6.04 Å². The van der Waals surface area contributed by atoms with Crippen molar-refractivity contribution < 1.29 is 0 Å². The van der Waals surface area contributed by atoms with Crippen LogP contribution >= 0.6 is 0 Å². The van der Waals surface area contributed by atoms with Crippen molar-refractivity contribution in [3.8, 4) is 22.9 Å². The SMILES string of the molecule is C=C/C=C\C=C/N(c1ccccc1)c1cc(N(c2ccccc2)c2ccccc2)nc(-c2cc(-c3nc(N(c4ccccc4)c4ccccc4)cc(N(c4ccccc4)c4ccccc4)n3)cc(N3c4ccccc4C4C=CC=CC43)n2)n1. The van der Waals surface area contributed by atoms with E-state index in [0.29, 0.717) is 52.0 Å². The second-order valence-electron chi connectivity index (χ2n) is 19.8. The second-order valence-corrected chi connectivity index (χ2v) is 19.8. The molecule has 13 rings (SSSR count). The Labute approximate surface area is 484 Å². The topological polar surface area (TPSA) is 80.7 Å². The van der Waals surface area contributed by atoms with Crippen molar-refractivity contribution in [3.05, 3.63) is 328 Å². The van der Waals surface area contributed by atoms with E-state index in [4.69, 9.17) is 24.9 Å². The normalized spacial score (nSPS) is 14.1. The van der Waals surface area contributed by atoms with Gasteiger partial charge in [0.1, 0.15) is 34.8 Å². The number of rotatable bonds is 17. The van der Waals surface area contributed by atoms with Gasteiger partial charge in [-0.1, -0.05) is 195 Å². The van der Waals surface area contributed by atoms with Gasteiger partial charge in [0.15, 0.2) is 11.6 Å². The number of aromatic nitrogens is 5. The predicted octanol–water partition coefficient (Wildman–Crippen LogP) is 18.5. The van der Waals surface area contributed by atoms with Gasteiger partial charge in [-0.05, 0) is 115 Å². The molecule has 398 valence electrons. The molecule has 2 unspecified atom stereocenters. The number of hydrogen-bond donors (Lipinski definition) is 0. The predicted molar refractivity (Wildman–Crippen MR) is 341 cm³/mol. The van der Waals surface area contributed by atoms with Crippen LogP contribution in [0.25, 0.3) is 22.9 Å². The zero-order valence-corrected chi connectivity index (χ0v) is 45.4. The highest BCUT2D eigenvalue weighted by Crippen LogP contribution is 2.49. The smallest absolute Gasteiger partial charge is 0.182 e. The van der Waals surface area contributed by atoms with E-state index < -0.39 is 0 Å². The molecule has 8 aromatic carbocycles. The molecule has 0 fully saturated rings. The molecule has 0 saturated heterocycles. The molecule has 83 heavy (non-hydrogen) atoms. The molecule has 3 aromatic heterocycles. The lowest BCUT2D eigenvalue weighted by atomic mass is 9.91. The van der Waals surface area contributed by atoms with Crippen LogP contribution in [0.5, 0.6) is 0 Å². The lowest BCUT2D eigenvalue weighted by molar-refractivity contribution is 0.738. The van der Waals surface area contributed by atoms with E-state index in [1.807, 2.05) is 115 Å². The van der Waals surface area contributed by atoms with Crippen molar-refractivity contribution in [3.63, 3.8) is 0 Å². The van der Waals surface area contributed by atoms with E-state index in [9.17, 15) is 0 Å². The van der Waals surface area contributed by atoms with E-state index in [2.05, 4.69) is 225 Å². The number of para-hydroxylation sites is 8. The summed E-state index contributed by atoms with van der Waals surface area (Å²) in [5.41, 5.74) is 9.98. The van der Waals surface area contributed by atoms with Crippen LogP contribution in [-0.4, -0.2) is 31.0 Å². The number of fused-ring (bicyclic) bond motifs is 3. The van der Waals surface area contributed by atoms with Crippen molar-refractivity contribution in [2.24, 2.45) is 0 Å². The zero-order chi connectivity index (χ0) is 55.7. The van der Waals surface area contributed by atoms with Crippen LogP contribution in [0.1, 0.15) is 11.5 Å². The molecule has 0 amide bonds. The standard InChI is InChI=1S/C73H56N10/c1-2-3-4-30-49-79(55-31-12-5-13-32-55)67-52-69(80(56-33-14-6-15-34-56)57-35-16-7-17-36-57)78-73(75-67)64-50-54(51-68(74-64)83-65-47-28-26-45-62(65)63-46-27-29-48-66(63)83)72-76-70(81(58-37-18-8-19-38-58)59-39-20-9-21-40-59)53-71(77-72)82(60-41-22-10-23-42-60)61-43-24-11-25-44-61/h2-53,62,65H,1H2/b4-3-,49-30-. The molecule has 0 spiro atoms. The Hall–Kier alpha value is -11.2. The zero-order valence-electron chi connectivity index (χ0n) is 45.4. The summed E-state index contributed by atoms with van der Waals surface area (Å²) < 4.78 is 0. The fraction of sp³-hybridized carbons (Fsp3) is 0.0274. The molecule has 10 nitrogen and oxygen atoms in total. The van der Waals surface area contributed by atoms with Crippen LogP contribution in [0.3, 0.4) is 0 Å². The number of benzene rings is 8. The van der Waals surface area contributed by atoms with Crippen LogP contribution in [0.15, 0.2) is 322 Å². The highest BCUT2D eigenvalue weighted by molar-refractivity contribution is 5.85. The third-order valence-corrected chi connectivity index (χ3v) is 14.6. The van der Waals surface area contributed by atoms with Gasteiger partial charge >= 0.3 is 0 Å². The van der Waals surface area contributed by atoms with Gasteiger partial charge in [0.25, 0.3) is 0 Å². The number of hydrogen-bond acceptors (Lipinski definition) is 10. The summed E-state index contributed by atoms with van der Waals surface area (Å²) in [6, 6.07) is 89.1. The summed E-state index contributed by atoms with van der Waals surface area (Å²) in [6.07, 6.45) is 18.4. The number of pyridine rings is 1. The molecule has 0 saturated carbocycles. The van der Waals surface area contributed by atoms with Gasteiger partial charge < -0.3 is 9.80 Å². The van der Waals surface area contributed by atoms with Crippen LogP contribution in [0.2, 0.25) is 0 Å². The fourth-order valence-corrected chi connectivity index (χ4v) is 10.9. The van der Waals surface area contributed by atoms with Crippen LogP contribution in [-0.2, 0) is 0 Å². The van der Waals surface area contributed by atoms with E-state index in [1.54, 1.807) is 6.08 Å². The molecule has 2 atom stereocenters. The Balaban J connectivity index is 1.11. The fourth-order valence-electron chi connectivity index (χ4n) is 10.9. The van der Waals surface area contributed by atoms with Crippen molar-refractivity contribution >= 4 is 74.6 Å². The Morgan fingerprint density at radius 3 is 1.27 bits per heavy atom. The summed E-state index contributed by atoms with van der Waals surface area (Å²) in [4.78, 5) is 39.1. The Bertz CT molecular complexity index is 3920. The molecule has 1 aliphatic heterocycles. The van der Waals surface area contributed by atoms with Gasteiger partial charge in [-0.15, -0.1) is 0 Å². The third-order valence-electron chi connectivity index (χ3n) is 14.6. The summed E-state index contributed by atoms with van der Waals surface area (Å²) >= 11 is 0. The second kappa shape index (κ2) is 23.6. The van der Waals surface area contributed by atoms with Gasteiger partial charge in [0.2, 0.25) is 0 Å². The number of anilines is 13. The summed E-state index contributed by atoms with van der Waals surface area (Å²) in [5, 5.41) is 0. The first kappa shape index (κ1) is 51.2. The maximum absolute atomic E-state index is 5.70. The minimum Gasteiger partial charge on any atom is -0.318 e. The van der Waals surface area contributed by atoms with Crippen molar-refractivity contribution in [2.45, 2.75) is 12.0 Å². The molecule has 2 aliphatic rings. The van der Waals surface area contributed by atoms with E-state index in [0.717, 1.165) is 45.5 Å².